The molecule has 0 radical (unpaired) electrons. The molecule has 1 heterocycles. The smallest absolute Gasteiger partial charge is 0.341 e. The number of aromatic nitrogens is 2. The molecular formula is C15H16FN3O2. The van der Waals surface area contributed by atoms with E-state index in [0.29, 0.717) is 12.5 Å². The minimum absolute atomic E-state index is 0.0317. The van der Waals surface area contributed by atoms with Crippen LogP contribution in [0.3, 0.4) is 0 Å². The van der Waals surface area contributed by atoms with E-state index in [-0.39, 0.29) is 22.8 Å². The fourth-order valence-electron chi connectivity index (χ4n) is 1.75. The highest BCUT2D eigenvalue weighted by Crippen LogP contribution is 2.22. The summed E-state index contributed by atoms with van der Waals surface area (Å²) in [5.41, 5.74) is 0.206. The van der Waals surface area contributed by atoms with Crippen LogP contribution in [-0.2, 0) is 0 Å². The van der Waals surface area contributed by atoms with E-state index in [9.17, 15) is 9.18 Å². The standard InChI is InChI=1S/C15H16FN3O2/c1-9(2)7-17-14-11(15(20)21)8-18-13(19-14)10-5-3-4-6-12(10)16/h3-6,8-9H,7H2,1-2H3,(H,20,21)(H,17,18,19). The number of carbonyl (C=O) groups is 1. The minimum atomic E-state index is -1.12. The minimum Gasteiger partial charge on any atom is -0.477 e. The van der Waals surface area contributed by atoms with Gasteiger partial charge in [-0.05, 0) is 18.1 Å². The largest absolute Gasteiger partial charge is 0.477 e. The Morgan fingerprint density at radius 2 is 2.10 bits per heavy atom. The molecular weight excluding hydrogens is 273 g/mol. The highest BCUT2D eigenvalue weighted by atomic mass is 19.1. The first-order chi connectivity index (χ1) is 9.99. The zero-order valence-corrected chi connectivity index (χ0v) is 11.8. The second kappa shape index (κ2) is 6.30. The normalized spacial score (nSPS) is 10.7. The summed E-state index contributed by atoms with van der Waals surface area (Å²) < 4.78 is 13.8. The molecule has 2 rings (SSSR count). The van der Waals surface area contributed by atoms with Gasteiger partial charge >= 0.3 is 5.97 Å². The zero-order valence-electron chi connectivity index (χ0n) is 11.8. The van der Waals surface area contributed by atoms with Crippen molar-refractivity contribution in [3.8, 4) is 11.4 Å². The number of carboxylic acid groups (broad SMARTS) is 1. The van der Waals surface area contributed by atoms with Crippen molar-refractivity contribution in [2.45, 2.75) is 13.8 Å². The fraction of sp³-hybridized carbons (Fsp3) is 0.267. The molecule has 0 fully saturated rings. The first-order valence-corrected chi connectivity index (χ1v) is 6.58. The molecule has 0 aliphatic rings. The first kappa shape index (κ1) is 14.9. The van der Waals surface area contributed by atoms with Gasteiger partial charge in [-0.2, -0.15) is 0 Å². The number of hydrogen-bond donors (Lipinski definition) is 2. The third-order valence-corrected chi connectivity index (χ3v) is 2.81. The average Bonchev–Trinajstić information content (AvgIpc) is 2.45. The predicted octanol–water partition coefficient (Wildman–Crippen LogP) is 3.05. The number of nitrogens with one attached hydrogen (secondary N) is 1. The highest BCUT2D eigenvalue weighted by molar-refractivity contribution is 5.93. The molecule has 0 aliphatic carbocycles. The van der Waals surface area contributed by atoms with Gasteiger partial charge in [0.25, 0.3) is 0 Å². The molecule has 0 bridgehead atoms. The molecule has 0 atom stereocenters. The lowest BCUT2D eigenvalue weighted by Crippen LogP contribution is -2.14. The molecule has 0 saturated carbocycles. The van der Waals surface area contributed by atoms with Crippen molar-refractivity contribution in [2.75, 3.05) is 11.9 Å². The predicted molar refractivity (Wildman–Crippen MR) is 77.7 cm³/mol. The molecule has 2 N–H and O–H groups in total. The summed E-state index contributed by atoms with van der Waals surface area (Å²) in [6, 6.07) is 6.11. The van der Waals surface area contributed by atoms with E-state index in [2.05, 4.69) is 15.3 Å². The van der Waals surface area contributed by atoms with Gasteiger partial charge in [-0.3, -0.25) is 0 Å². The lowest BCUT2D eigenvalue weighted by Gasteiger charge is -2.12. The molecule has 0 spiro atoms. The molecule has 0 saturated heterocycles. The Morgan fingerprint density at radius 3 is 2.71 bits per heavy atom. The van der Waals surface area contributed by atoms with Gasteiger partial charge in [0.05, 0.1) is 5.56 Å². The van der Waals surface area contributed by atoms with Crippen LogP contribution in [0.25, 0.3) is 11.4 Å². The summed E-state index contributed by atoms with van der Waals surface area (Å²) in [4.78, 5) is 19.3. The summed E-state index contributed by atoms with van der Waals surface area (Å²) >= 11 is 0. The van der Waals surface area contributed by atoms with Gasteiger partial charge in [-0.15, -0.1) is 0 Å². The van der Waals surface area contributed by atoms with Crippen molar-refractivity contribution >= 4 is 11.8 Å². The second-order valence-electron chi connectivity index (χ2n) is 5.02. The molecule has 0 aliphatic heterocycles. The van der Waals surface area contributed by atoms with Crippen molar-refractivity contribution < 1.29 is 14.3 Å². The van der Waals surface area contributed by atoms with E-state index in [1.807, 2.05) is 13.8 Å². The topological polar surface area (TPSA) is 75.1 Å². The van der Waals surface area contributed by atoms with Crippen molar-refractivity contribution in [1.29, 1.82) is 0 Å². The number of anilines is 1. The zero-order chi connectivity index (χ0) is 15.4. The lowest BCUT2D eigenvalue weighted by molar-refractivity contribution is 0.0697. The van der Waals surface area contributed by atoms with Crippen LogP contribution in [-0.4, -0.2) is 27.6 Å². The van der Waals surface area contributed by atoms with Crippen molar-refractivity contribution in [3.05, 3.63) is 41.8 Å². The van der Waals surface area contributed by atoms with E-state index in [1.54, 1.807) is 18.2 Å². The monoisotopic (exact) mass is 289 g/mol. The van der Waals surface area contributed by atoms with Crippen molar-refractivity contribution in [2.24, 2.45) is 5.92 Å². The van der Waals surface area contributed by atoms with Gasteiger partial charge in [0, 0.05) is 12.7 Å². The van der Waals surface area contributed by atoms with Crippen molar-refractivity contribution in [3.63, 3.8) is 0 Å². The van der Waals surface area contributed by atoms with Crippen LogP contribution in [0, 0.1) is 11.7 Å². The summed E-state index contributed by atoms with van der Waals surface area (Å²) in [5.74, 6) is -0.899. The van der Waals surface area contributed by atoms with Gasteiger partial charge in [0.2, 0.25) is 0 Å². The van der Waals surface area contributed by atoms with Crippen LogP contribution in [0.1, 0.15) is 24.2 Å². The number of halogens is 1. The summed E-state index contributed by atoms with van der Waals surface area (Å²) in [5, 5.41) is 12.1. The molecule has 21 heavy (non-hydrogen) atoms. The van der Waals surface area contributed by atoms with E-state index >= 15 is 0 Å². The number of nitrogens with zero attached hydrogens (tertiary/aromatic N) is 2. The number of benzene rings is 1. The number of aromatic carboxylic acids is 1. The van der Waals surface area contributed by atoms with E-state index in [4.69, 9.17) is 5.11 Å². The van der Waals surface area contributed by atoms with Gasteiger partial charge in [0.1, 0.15) is 17.2 Å². The maximum absolute atomic E-state index is 13.8. The van der Waals surface area contributed by atoms with Gasteiger partial charge in [0.15, 0.2) is 5.82 Å². The summed E-state index contributed by atoms with van der Waals surface area (Å²) in [6.07, 6.45) is 1.19. The number of rotatable bonds is 5. The van der Waals surface area contributed by atoms with Crippen LogP contribution in [0.2, 0.25) is 0 Å². The first-order valence-electron chi connectivity index (χ1n) is 6.58. The molecule has 0 amide bonds. The molecule has 2 aromatic rings. The third-order valence-electron chi connectivity index (χ3n) is 2.81. The Morgan fingerprint density at radius 1 is 1.38 bits per heavy atom. The Balaban J connectivity index is 2.43. The maximum atomic E-state index is 13.8. The van der Waals surface area contributed by atoms with Crippen LogP contribution >= 0.6 is 0 Å². The molecule has 1 aromatic carbocycles. The average molecular weight is 289 g/mol. The lowest BCUT2D eigenvalue weighted by atomic mass is 10.2. The highest BCUT2D eigenvalue weighted by Gasteiger charge is 2.16. The fourth-order valence-corrected chi connectivity index (χ4v) is 1.75. The van der Waals surface area contributed by atoms with Gasteiger partial charge in [-0.25, -0.2) is 19.2 Å². The molecule has 0 unspecified atom stereocenters. The van der Waals surface area contributed by atoms with Crippen LogP contribution < -0.4 is 5.32 Å². The Labute approximate surface area is 121 Å². The van der Waals surface area contributed by atoms with E-state index in [1.165, 1.54) is 12.3 Å². The van der Waals surface area contributed by atoms with Gasteiger partial charge < -0.3 is 10.4 Å². The Bertz CT molecular complexity index is 659. The van der Waals surface area contributed by atoms with E-state index < -0.39 is 11.8 Å². The number of carboxylic acids is 1. The summed E-state index contributed by atoms with van der Waals surface area (Å²) in [7, 11) is 0. The third kappa shape index (κ3) is 3.53. The van der Waals surface area contributed by atoms with Crippen LogP contribution in [0.5, 0.6) is 0 Å². The molecule has 1 aromatic heterocycles. The molecule has 110 valence electrons. The Kier molecular flexibility index (Phi) is 4.47. The molecule has 6 heteroatoms. The van der Waals surface area contributed by atoms with Gasteiger partial charge in [-0.1, -0.05) is 26.0 Å². The molecule has 5 nitrogen and oxygen atoms in total. The quantitative estimate of drug-likeness (QED) is 0.884. The van der Waals surface area contributed by atoms with E-state index in [0.717, 1.165) is 0 Å². The Hall–Kier alpha value is -2.50. The second-order valence-corrected chi connectivity index (χ2v) is 5.02. The maximum Gasteiger partial charge on any atom is 0.341 e. The summed E-state index contributed by atoms with van der Waals surface area (Å²) in [6.45, 7) is 4.55. The van der Waals surface area contributed by atoms with Crippen molar-refractivity contribution in [1.82, 2.24) is 9.97 Å². The SMILES string of the molecule is CC(C)CNc1nc(-c2ccccc2F)ncc1C(=O)O. The number of hydrogen-bond acceptors (Lipinski definition) is 4. The van der Waals surface area contributed by atoms with Crippen LogP contribution in [0.4, 0.5) is 10.2 Å². The van der Waals surface area contributed by atoms with Crippen LogP contribution in [0.15, 0.2) is 30.5 Å².